The molecule has 1 atom stereocenters. The molecule has 2 aliphatic rings. The fourth-order valence-electron chi connectivity index (χ4n) is 4.40. The topological polar surface area (TPSA) is 40.6 Å². The second-order valence-electron chi connectivity index (χ2n) is 8.51. The Labute approximate surface area is 167 Å². The molecule has 1 aliphatic carbocycles. The van der Waals surface area contributed by atoms with Crippen LogP contribution in [0.1, 0.15) is 24.8 Å². The van der Waals surface area contributed by atoms with Gasteiger partial charge in [-0.25, -0.2) is 0 Å². The van der Waals surface area contributed by atoms with E-state index < -0.39 is 5.41 Å². The third-order valence-electron chi connectivity index (χ3n) is 6.03. The Kier molecular flexibility index (Phi) is 4.96. The molecule has 146 valence electrons. The molecule has 0 bridgehead atoms. The number of nitrogens with zero attached hydrogens (tertiary/aromatic N) is 2. The highest BCUT2D eigenvalue weighted by atomic mass is 16.2. The zero-order valence-corrected chi connectivity index (χ0v) is 16.7. The second-order valence-corrected chi connectivity index (χ2v) is 8.51. The lowest BCUT2D eigenvalue weighted by Gasteiger charge is -2.31. The van der Waals surface area contributed by atoms with Crippen LogP contribution in [-0.2, 0) is 16.0 Å². The summed E-state index contributed by atoms with van der Waals surface area (Å²) in [5.74, 6) is 0.571. The molecule has 2 amide bonds. The molecule has 4 nitrogen and oxygen atoms in total. The van der Waals surface area contributed by atoms with Gasteiger partial charge in [0.25, 0.3) is 0 Å². The van der Waals surface area contributed by atoms with Gasteiger partial charge in [0.15, 0.2) is 0 Å². The molecular formula is C24H28N2O2. The minimum atomic E-state index is -0.524. The molecule has 28 heavy (non-hydrogen) atoms. The van der Waals surface area contributed by atoms with Crippen LogP contribution >= 0.6 is 0 Å². The molecule has 0 unspecified atom stereocenters. The van der Waals surface area contributed by atoms with Crippen molar-refractivity contribution in [2.45, 2.75) is 25.7 Å². The zero-order chi connectivity index (χ0) is 19.7. The Balaban J connectivity index is 1.60. The first-order valence-electron chi connectivity index (χ1n) is 10.1. The standard InChI is InChI=1S/C24H28N2O2/c1-25(2)23(28)24(13-14-26(17-24)22(27)20-11-12-20)16-18-7-6-10-21(15-18)19-8-4-3-5-9-19/h3-10,15,20H,11-14,16-17H2,1-2H3/t24-/m1/s1. The maximum absolute atomic E-state index is 13.2. The van der Waals surface area contributed by atoms with Crippen molar-refractivity contribution in [2.24, 2.45) is 11.3 Å². The van der Waals surface area contributed by atoms with Gasteiger partial charge in [-0.3, -0.25) is 9.59 Å². The SMILES string of the molecule is CN(C)C(=O)[C@@]1(Cc2cccc(-c3ccccc3)c2)CCN(C(=O)C2CC2)C1. The molecule has 0 spiro atoms. The fourth-order valence-corrected chi connectivity index (χ4v) is 4.40. The van der Waals surface area contributed by atoms with Crippen LogP contribution in [0.2, 0.25) is 0 Å². The van der Waals surface area contributed by atoms with Crippen LogP contribution in [0.5, 0.6) is 0 Å². The van der Waals surface area contributed by atoms with Crippen LogP contribution in [0.4, 0.5) is 0 Å². The molecule has 4 rings (SSSR count). The highest BCUT2D eigenvalue weighted by Gasteiger charge is 2.48. The average Bonchev–Trinajstić information content (AvgIpc) is 3.48. The lowest BCUT2D eigenvalue weighted by atomic mass is 9.79. The summed E-state index contributed by atoms with van der Waals surface area (Å²) >= 11 is 0. The van der Waals surface area contributed by atoms with Gasteiger partial charge in [0, 0.05) is 33.1 Å². The van der Waals surface area contributed by atoms with E-state index in [4.69, 9.17) is 0 Å². The summed E-state index contributed by atoms with van der Waals surface area (Å²) in [5, 5.41) is 0. The summed E-state index contributed by atoms with van der Waals surface area (Å²) in [6.45, 7) is 1.22. The second kappa shape index (κ2) is 7.42. The predicted molar refractivity (Wildman–Crippen MR) is 111 cm³/mol. The van der Waals surface area contributed by atoms with Crippen LogP contribution in [0.25, 0.3) is 11.1 Å². The minimum absolute atomic E-state index is 0.128. The summed E-state index contributed by atoms with van der Waals surface area (Å²) < 4.78 is 0. The van der Waals surface area contributed by atoms with Crippen molar-refractivity contribution in [1.29, 1.82) is 0 Å². The Morgan fingerprint density at radius 2 is 1.75 bits per heavy atom. The van der Waals surface area contributed by atoms with Crippen LogP contribution in [0.15, 0.2) is 54.6 Å². The van der Waals surface area contributed by atoms with E-state index in [-0.39, 0.29) is 17.7 Å². The van der Waals surface area contributed by atoms with Crippen molar-refractivity contribution >= 4 is 11.8 Å². The van der Waals surface area contributed by atoms with Crippen molar-refractivity contribution in [3.05, 3.63) is 60.2 Å². The van der Waals surface area contributed by atoms with Gasteiger partial charge in [-0.2, -0.15) is 0 Å². The molecule has 0 N–H and O–H groups in total. The molecule has 0 aromatic heterocycles. The Morgan fingerprint density at radius 3 is 2.43 bits per heavy atom. The largest absolute Gasteiger partial charge is 0.348 e. The number of rotatable bonds is 5. The number of carbonyl (C=O) groups excluding carboxylic acids is 2. The number of hydrogen-bond donors (Lipinski definition) is 0. The van der Waals surface area contributed by atoms with Gasteiger partial charge in [0.05, 0.1) is 5.41 Å². The van der Waals surface area contributed by atoms with Gasteiger partial charge < -0.3 is 9.80 Å². The summed E-state index contributed by atoms with van der Waals surface area (Å²) in [6, 6.07) is 18.8. The third-order valence-corrected chi connectivity index (χ3v) is 6.03. The molecule has 2 aromatic rings. The maximum Gasteiger partial charge on any atom is 0.230 e. The van der Waals surface area contributed by atoms with Gasteiger partial charge in [0.2, 0.25) is 11.8 Å². The summed E-state index contributed by atoms with van der Waals surface area (Å²) in [7, 11) is 3.63. The molecule has 1 aliphatic heterocycles. The van der Waals surface area contributed by atoms with Crippen molar-refractivity contribution in [1.82, 2.24) is 9.80 Å². The van der Waals surface area contributed by atoms with Crippen molar-refractivity contribution < 1.29 is 9.59 Å². The molecule has 2 fully saturated rings. The summed E-state index contributed by atoms with van der Waals surface area (Å²) in [4.78, 5) is 29.4. The molecule has 1 saturated heterocycles. The van der Waals surface area contributed by atoms with E-state index in [1.165, 1.54) is 5.56 Å². The number of benzene rings is 2. The lowest BCUT2D eigenvalue weighted by molar-refractivity contribution is -0.139. The highest BCUT2D eigenvalue weighted by Crippen LogP contribution is 2.40. The van der Waals surface area contributed by atoms with E-state index in [9.17, 15) is 9.59 Å². The number of hydrogen-bond acceptors (Lipinski definition) is 2. The fraction of sp³-hybridized carbons (Fsp3) is 0.417. The number of amides is 2. The number of carbonyl (C=O) groups is 2. The monoisotopic (exact) mass is 376 g/mol. The van der Waals surface area contributed by atoms with Gasteiger partial charge >= 0.3 is 0 Å². The van der Waals surface area contributed by atoms with Crippen molar-refractivity contribution in [3.63, 3.8) is 0 Å². The highest BCUT2D eigenvalue weighted by molar-refractivity contribution is 5.86. The smallest absolute Gasteiger partial charge is 0.230 e. The Morgan fingerprint density at radius 1 is 1.04 bits per heavy atom. The van der Waals surface area contributed by atoms with Gasteiger partial charge in [-0.15, -0.1) is 0 Å². The van der Waals surface area contributed by atoms with E-state index in [1.807, 2.05) is 37.2 Å². The minimum Gasteiger partial charge on any atom is -0.348 e. The van der Waals surface area contributed by atoms with Crippen molar-refractivity contribution in [3.8, 4) is 11.1 Å². The predicted octanol–water partition coefficient (Wildman–Crippen LogP) is 3.61. The first-order valence-corrected chi connectivity index (χ1v) is 10.1. The van der Waals surface area contributed by atoms with Crippen molar-refractivity contribution in [2.75, 3.05) is 27.2 Å². The van der Waals surface area contributed by atoms with Gasteiger partial charge in [-0.1, -0.05) is 54.6 Å². The summed E-state index contributed by atoms with van der Waals surface area (Å²) in [5.41, 5.74) is 2.96. The quantitative estimate of drug-likeness (QED) is 0.800. The average molecular weight is 377 g/mol. The lowest BCUT2D eigenvalue weighted by Crippen LogP contribution is -2.44. The van der Waals surface area contributed by atoms with Crippen LogP contribution < -0.4 is 0 Å². The van der Waals surface area contributed by atoms with E-state index >= 15 is 0 Å². The maximum atomic E-state index is 13.2. The zero-order valence-electron chi connectivity index (χ0n) is 16.7. The number of likely N-dealkylation sites (tertiary alicyclic amines) is 1. The van der Waals surface area contributed by atoms with Crippen LogP contribution in [-0.4, -0.2) is 48.8 Å². The Bertz CT molecular complexity index is 873. The molecule has 0 radical (unpaired) electrons. The molecule has 1 heterocycles. The van der Waals surface area contributed by atoms with Gasteiger partial charge in [-0.05, 0) is 42.4 Å². The van der Waals surface area contributed by atoms with E-state index in [0.717, 1.165) is 30.4 Å². The van der Waals surface area contributed by atoms with Crippen LogP contribution in [0, 0.1) is 11.3 Å². The van der Waals surface area contributed by atoms with Crippen LogP contribution in [0.3, 0.4) is 0 Å². The molecule has 4 heteroatoms. The summed E-state index contributed by atoms with van der Waals surface area (Å²) in [6.07, 6.45) is 3.41. The van der Waals surface area contributed by atoms with E-state index in [1.54, 1.807) is 4.90 Å². The van der Waals surface area contributed by atoms with E-state index in [2.05, 4.69) is 36.4 Å². The Hall–Kier alpha value is -2.62. The molecule has 2 aromatic carbocycles. The third kappa shape index (κ3) is 3.68. The normalized spacial score (nSPS) is 21.6. The van der Waals surface area contributed by atoms with Gasteiger partial charge in [0.1, 0.15) is 0 Å². The first-order chi connectivity index (χ1) is 13.5. The van der Waals surface area contributed by atoms with E-state index in [0.29, 0.717) is 19.5 Å². The molecule has 1 saturated carbocycles. The molecular weight excluding hydrogens is 348 g/mol. The first kappa shape index (κ1) is 18.7.